The average molecular weight is 316 g/mol. The van der Waals surface area contributed by atoms with Crippen LogP contribution in [0.15, 0.2) is 24.3 Å². The molecule has 0 saturated carbocycles. The van der Waals surface area contributed by atoms with Crippen molar-refractivity contribution in [1.29, 1.82) is 0 Å². The topological polar surface area (TPSA) is 34.1 Å². The van der Waals surface area contributed by atoms with Crippen LogP contribution in [-0.2, 0) is 14.4 Å². The highest BCUT2D eigenvalue weighted by atomic mass is 36.0. The predicted molar refractivity (Wildman–Crippen MR) is 57.1 cm³/mol. The second-order valence-corrected chi connectivity index (χ2v) is 6.49. The van der Waals surface area contributed by atoms with Crippen molar-refractivity contribution in [2.75, 3.05) is 0 Å². The number of hydrogen-bond donors (Lipinski definition) is 0. The van der Waals surface area contributed by atoms with Gasteiger partial charge in [0.15, 0.2) is 0 Å². The molecule has 0 bridgehead atoms. The summed E-state index contributed by atoms with van der Waals surface area (Å²) in [5, 5.41) is 0.0971. The van der Waals surface area contributed by atoms with Crippen molar-refractivity contribution in [3.8, 4) is 0 Å². The van der Waals surface area contributed by atoms with Crippen molar-refractivity contribution in [2.24, 2.45) is 0 Å². The van der Waals surface area contributed by atoms with E-state index in [0.29, 0.717) is 0 Å². The Hall–Kier alpha value is -0.170. The molecular weight excluding hydrogens is 311 g/mol. The lowest BCUT2D eigenvalue weighted by atomic mass is 10.2. The monoisotopic (exact) mass is 314 g/mol. The van der Waals surface area contributed by atoms with Crippen LogP contribution in [0.4, 0.5) is 13.2 Å². The Bertz CT molecular complexity index is 436. The van der Waals surface area contributed by atoms with E-state index in [0.717, 1.165) is 12.1 Å². The van der Waals surface area contributed by atoms with Crippen molar-refractivity contribution < 1.29 is 21.6 Å². The standard InChI is InChI=1S/C7H4ClF3.Cl2O2S/c8-6-3-1-2-5(4-6)7(9,10)11;1-5(2,3)4/h1-4H;. The van der Waals surface area contributed by atoms with Gasteiger partial charge in [-0.1, -0.05) is 17.7 Å². The lowest BCUT2D eigenvalue weighted by Crippen LogP contribution is -2.03. The lowest BCUT2D eigenvalue weighted by Gasteiger charge is -2.05. The molecule has 16 heavy (non-hydrogen) atoms. The van der Waals surface area contributed by atoms with Crippen molar-refractivity contribution in [3.63, 3.8) is 0 Å². The lowest BCUT2D eigenvalue weighted by molar-refractivity contribution is -0.137. The molecule has 0 N–H and O–H groups in total. The maximum Gasteiger partial charge on any atom is 0.416 e. The van der Waals surface area contributed by atoms with E-state index in [1.54, 1.807) is 0 Å². The Morgan fingerprint density at radius 3 is 1.81 bits per heavy atom. The van der Waals surface area contributed by atoms with Crippen molar-refractivity contribution in [2.45, 2.75) is 6.18 Å². The molecule has 1 aromatic rings. The molecule has 0 aliphatic rings. The Morgan fingerprint density at radius 2 is 1.56 bits per heavy atom. The number of alkyl halides is 3. The Morgan fingerprint density at radius 1 is 1.12 bits per heavy atom. The molecule has 1 aromatic carbocycles. The van der Waals surface area contributed by atoms with Crippen LogP contribution >= 0.6 is 33.0 Å². The van der Waals surface area contributed by atoms with Crippen molar-refractivity contribution in [1.82, 2.24) is 0 Å². The molecule has 0 amide bonds. The summed E-state index contributed by atoms with van der Waals surface area (Å²) in [4.78, 5) is 0. The fourth-order valence-electron chi connectivity index (χ4n) is 0.665. The van der Waals surface area contributed by atoms with E-state index in [1.807, 2.05) is 0 Å². The summed E-state index contributed by atoms with van der Waals surface area (Å²) in [6, 6.07) is 4.54. The first-order chi connectivity index (χ1) is 7.00. The van der Waals surface area contributed by atoms with E-state index in [-0.39, 0.29) is 5.02 Å². The molecule has 0 radical (unpaired) electrons. The van der Waals surface area contributed by atoms with Crippen LogP contribution in [0.25, 0.3) is 0 Å². The molecule has 0 aliphatic heterocycles. The molecule has 0 fully saturated rings. The van der Waals surface area contributed by atoms with E-state index in [1.165, 1.54) is 12.1 Å². The van der Waals surface area contributed by atoms with Gasteiger partial charge < -0.3 is 0 Å². The summed E-state index contributed by atoms with van der Waals surface area (Å²) >= 11 is 5.35. The summed E-state index contributed by atoms with van der Waals surface area (Å²) in [5.41, 5.74) is -0.718. The first kappa shape index (κ1) is 15.8. The largest absolute Gasteiger partial charge is 0.416 e. The zero-order valence-electron chi connectivity index (χ0n) is 7.30. The zero-order chi connectivity index (χ0) is 13.0. The van der Waals surface area contributed by atoms with Gasteiger partial charge in [0.1, 0.15) is 0 Å². The Balaban J connectivity index is 0.000000385. The van der Waals surface area contributed by atoms with Gasteiger partial charge >= 0.3 is 14.4 Å². The van der Waals surface area contributed by atoms with Crippen LogP contribution in [0.2, 0.25) is 5.02 Å². The van der Waals surface area contributed by atoms with Gasteiger partial charge in [0, 0.05) is 26.4 Å². The fraction of sp³-hybridized carbons (Fsp3) is 0.143. The normalized spacial score (nSPS) is 11.6. The SMILES string of the molecule is FC(F)(F)c1cccc(Cl)c1.O=S(=O)(Cl)Cl. The molecule has 0 aliphatic carbocycles. The molecular formula is C7H4Cl3F3O2S. The minimum Gasteiger partial charge on any atom is -0.195 e. The molecule has 0 heterocycles. The summed E-state index contributed by atoms with van der Waals surface area (Å²) < 4.78 is 54.1. The minimum atomic E-state index is -4.30. The van der Waals surface area contributed by atoms with Crippen molar-refractivity contribution >= 4 is 41.2 Å². The van der Waals surface area contributed by atoms with Crippen LogP contribution in [0.3, 0.4) is 0 Å². The van der Waals surface area contributed by atoms with Crippen LogP contribution in [0.5, 0.6) is 0 Å². The molecule has 1 rings (SSSR count). The third-order valence-electron chi connectivity index (χ3n) is 1.15. The highest BCUT2D eigenvalue weighted by Crippen LogP contribution is 2.30. The molecule has 0 unspecified atom stereocenters. The van der Waals surface area contributed by atoms with E-state index in [4.69, 9.17) is 20.0 Å². The van der Waals surface area contributed by atoms with E-state index < -0.39 is 20.0 Å². The van der Waals surface area contributed by atoms with E-state index in [9.17, 15) is 13.2 Å². The molecule has 0 spiro atoms. The third-order valence-corrected chi connectivity index (χ3v) is 1.39. The summed E-state index contributed by atoms with van der Waals surface area (Å²) in [7, 11) is 4.81. The highest BCUT2D eigenvalue weighted by Gasteiger charge is 2.30. The van der Waals surface area contributed by atoms with E-state index in [2.05, 4.69) is 21.4 Å². The Labute approximate surface area is 104 Å². The molecule has 0 saturated heterocycles. The van der Waals surface area contributed by atoms with Gasteiger partial charge in [0.25, 0.3) is 0 Å². The van der Waals surface area contributed by atoms with Crippen LogP contribution in [0, 0.1) is 0 Å². The van der Waals surface area contributed by atoms with Crippen molar-refractivity contribution in [3.05, 3.63) is 34.9 Å². The minimum absolute atomic E-state index is 0.0971. The second kappa shape index (κ2) is 5.95. The van der Waals surface area contributed by atoms with Crippen LogP contribution in [0.1, 0.15) is 5.56 Å². The summed E-state index contributed by atoms with van der Waals surface area (Å²) in [6.45, 7) is 0. The average Bonchev–Trinajstić information content (AvgIpc) is 1.99. The fourth-order valence-corrected chi connectivity index (χ4v) is 0.855. The van der Waals surface area contributed by atoms with Gasteiger partial charge in [0.2, 0.25) is 0 Å². The number of rotatable bonds is 0. The second-order valence-electron chi connectivity index (χ2n) is 2.39. The maximum absolute atomic E-state index is 11.9. The number of halogens is 6. The molecule has 0 aromatic heterocycles. The van der Waals surface area contributed by atoms with Gasteiger partial charge in [-0.25, -0.2) is 0 Å². The van der Waals surface area contributed by atoms with Gasteiger partial charge in [-0.3, -0.25) is 0 Å². The maximum atomic E-state index is 11.9. The van der Waals surface area contributed by atoms with Gasteiger partial charge in [-0.2, -0.15) is 21.6 Å². The van der Waals surface area contributed by atoms with Gasteiger partial charge in [-0.05, 0) is 18.2 Å². The summed E-state index contributed by atoms with van der Waals surface area (Å²) in [6.07, 6.45) is -4.30. The molecule has 92 valence electrons. The van der Waals surface area contributed by atoms with Gasteiger partial charge in [-0.15, -0.1) is 0 Å². The van der Waals surface area contributed by atoms with Crippen LogP contribution < -0.4 is 0 Å². The first-order valence-corrected chi connectivity index (χ1v) is 6.98. The summed E-state index contributed by atoms with van der Waals surface area (Å²) in [5.74, 6) is 0. The Kier molecular flexibility index (Phi) is 5.89. The van der Waals surface area contributed by atoms with Crippen LogP contribution in [-0.4, -0.2) is 8.42 Å². The predicted octanol–water partition coefficient (Wildman–Crippen LogP) is 4.07. The molecule has 9 heteroatoms. The first-order valence-electron chi connectivity index (χ1n) is 3.47. The zero-order valence-corrected chi connectivity index (χ0v) is 10.4. The van der Waals surface area contributed by atoms with E-state index >= 15 is 0 Å². The highest BCUT2D eigenvalue weighted by molar-refractivity contribution is 8.31. The smallest absolute Gasteiger partial charge is 0.195 e. The van der Waals surface area contributed by atoms with Gasteiger partial charge in [0.05, 0.1) is 5.56 Å². The molecule has 2 nitrogen and oxygen atoms in total. The number of benzene rings is 1. The number of hydrogen-bond acceptors (Lipinski definition) is 2. The quantitative estimate of drug-likeness (QED) is 0.676. The third kappa shape index (κ3) is 9.08. The molecule has 0 atom stereocenters.